The van der Waals surface area contributed by atoms with Crippen LogP contribution in [0.5, 0.6) is 0 Å². The molecule has 0 saturated carbocycles. The third-order valence-corrected chi connectivity index (χ3v) is 4.72. The van der Waals surface area contributed by atoms with Crippen LogP contribution in [0.4, 0.5) is 0 Å². The standard InChI is InChI=1S/C18H12N2O3S/c21-17(16-7-4-10-24-16)13-8-9-14-15(11-13)20(23)18(19(14)22)12-5-2-1-3-6-12/h1-11,22H. The highest BCUT2D eigenvalue weighted by atomic mass is 32.1. The molecular weight excluding hydrogens is 324 g/mol. The molecule has 4 rings (SSSR count). The number of hydrogen-bond acceptors (Lipinski definition) is 4. The molecule has 1 N–H and O–H groups in total. The SMILES string of the molecule is O=C(c1ccc2c(c1)[n+]([O-])c(-c1ccccc1)n2O)c1cccs1. The quantitative estimate of drug-likeness (QED) is 0.269. The molecule has 2 heterocycles. The van der Waals surface area contributed by atoms with E-state index in [-0.39, 0.29) is 17.1 Å². The second-order valence-corrected chi connectivity index (χ2v) is 6.25. The van der Waals surface area contributed by atoms with Gasteiger partial charge < -0.3 is 10.4 Å². The monoisotopic (exact) mass is 336 g/mol. The van der Waals surface area contributed by atoms with E-state index in [4.69, 9.17) is 0 Å². The molecule has 0 aliphatic carbocycles. The Balaban J connectivity index is 1.89. The van der Waals surface area contributed by atoms with E-state index in [0.717, 1.165) is 4.73 Å². The van der Waals surface area contributed by atoms with Gasteiger partial charge in [-0.25, -0.2) is 4.73 Å². The number of carbonyl (C=O) groups excluding carboxylic acids is 1. The Labute approximate surface area is 141 Å². The number of hydrogen-bond donors (Lipinski definition) is 1. The predicted octanol–water partition coefficient (Wildman–Crippen LogP) is 3.47. The maximum atomic E-state index is 12.6. The van der Waals surface area contributed by atoms with Crippen LogP contribution in [0.1, 0.15) is 15.2 Å². The molecule has 0 amide bonds. The Bertz CT molecular complexity index is 1040. The minimum absolute atomic E-state index is 0.117. The molecule has 0 fully saturated rings. The molecule has 24 heavy (non-hydrogen) atoms. The highest BCUT2D eigenvalue weighted by molar-refractivity contribution is 7.12. The highest BCUT2D eigenvalue weighted by Gasteiger charge is 2.24. The Morgan fingerprint density at radius 3 is 2.58 bits per heavy atom. The number of thiophene rings is 1. The predicted molar refractivity (Wildman–Crippen MR) is 91.3 cm³/mol. The van der Waals surface area contributed by atoms with Crippen LogP contribution in [0.25, 0.3) is 22.4 Å². The Kier molecular flexibility index (Phi) is 3.32. The summed E-state index contributed by atoms with van der Waals surface area (Å²) in [6.45, 7) is 0. The van der Waals surface area contributed by atoms with Crippen LogP contribution >= 0.6 is 11.3 Å². The van der Waals surface area contributed by atoms with Crippen molar-refractivity contribution in [3.63, 3.8) is 0 Å². The second kappa shape index (κ2) is 5.50. The average molecular weight is 336 g/mol. The number of rotatable bonds is 3. The first-order valence-corrected chi connectivity index (χ1v) is 8.15. The van der Waals surface area contributed by atoms with Crippen molar-refractivity contribution >= 4 is 28.2 Å². The van der Waals surface area contributed by atoms with Gasteiger partial charge in [0.25, 0.3) is 0 Å². The number of imidazole rings is 1. The fourth-order valence-electron chi connectivity index (χ4n) is 2.70. The van der Waals surface area contributed by atoms with Gasteiger partial charge in [-0.2, -0.15) is 0 Å². The largest absolute Gasteiger partial charge is 0.710 e. The maximum Gasteiger partial charge on any atom is 0.332 e. The van der Waals surface area contributed by atoms with Crippen molar-refractivity contribution in [2.45, 2.75) is 0 Å². The lowest BCUT2D eigenvalue weighted by Crippen LogP contribution is -2.28. The summed E-state index contributed by atoms with van der Waals surface area (Å²) in [6, 6.07) is 17.2. The highest BCUT2D eigenvalue weighted by Crippen LogP contribution is 2.24. The van der Waals surface area contributed by atoms with E-state index in [1.54, 1.807) is 42.5 Å². The van der Waals surface area contributed by atoms with Crippen molar-refractivity contribution in [3.8, 4) is 11.4 Å². The van der Waals surface area contributed by atoms with E-state index < -0.39 is 0 Å². The van der Waals surface area contributed by atoms with Crippen LogP contribution in [0, 0.1) is 5.21 Å². The molecule has 5 nitrogen and oxygen atoms in total. The molecule has 2 aromatic heterocycles. The summed E-state index contributed by atoms with van der Waals surface area (Å²) >= 11 is 1.35. The zero-order chi connectivity index (χ0) is 16.7. The van der Waals surface area contributed by atoms with Gasteiger partial charge in [-0.1, -0.05) is 24.3 Å². The van der Waals surface area contributed by atoms with Crippen molar-refractivity contribution in [1.82, 2.24) is 4.73 Å². The summed E-state index contributed by atoms with van der Waals surface area (Å²) in [5.41, 5.74) is 1.61. The molecule has 0 bridgehead atoms. The number of fused-ring (bicyclic) bond motifs is 1. The van der Waals surface area contributed by atoms with Gasteiger partial charge in [0.05, 0.1) is 10.4 Å². The van der Waals surface area contributed by atoms with E-state index in [0.29, 0.717) is 26.3 Å². The van der Waals surface area contributed by atoms with E-state index in [1.807, 2.05) is 17.5 Å². The smallest absolute Gasteiger partial charge is 0.332 e. The zero-order valence-electron chi connectivity index (χ0n) is 12.4. The van der Waals surface area contributed by atoms with Crippen LogP contribution in [0.3, 0.4) is 0 Å². The van der Waals surface area contributed by atoms with E-state index in [1.165, 1.54) is 17.4 Å². The first-order valence-electron chi connectivity index (χ1n) is 7.28. The van der Waals surface area contributed by atoms with Crippen molar-refractivity contribution in [3.05, 3.63) is 81.7 Å². The first kappa shape index (κ1) is 14.5. The van der Waals surface area contributed by atoms with Gasteiger partial charge in [0.2, 0.25) is 11.3 Å². The van der Waals surface area contributed by atoms with Gasteiger partial charge >= 0.3 is 5.82 Å². The normalized spacial score (nSPS) is 11.0. The number of carbonyl (C=O) groups is 1. The molecule has 0 atom stereocenters. The van der Waals surface area contributed by atoms with Gasteiger partial charge in [0, 0.05) is 11.6 Å². The summed E-state index contributed by atoms with van der Waals surface area (Å²) in [5.74, 6) is -0.0230. The Morgan fingerprint density at radius 1 is 1.08 bits per heavy atom. The van der Waals surface area contributed by atoms with Crippen molar-refractivity contribution in [1.29, 1.82) is 0 Å². The second-order valence-electron chi connectivity index (χ2n) is 5.31. The molecule has 118 valence electrons. The molecule has 6 heteroatoms. The van der Waals surface area contributed by atoms with Crippen LogP contribution in [0.15, 0.2) is 66.0 Å². The van der Waals surface area contributed by atoms with Crippen molar-refractivity contribution in [2.24, 2.45) is 0 Å². The Morgan fingerprint density at radius 2 is 1.88 bits per heavy atom. The van der Waals surface area contributed by atoms with Gasteiger partial charge in [-0.3, -0.25) is 4.79 Å². The van der Waals surface area contributed by atoms with E-state index in [2.05, 4.69) is 0 Å². The maximum absolute atomic E-state index is 12.6. The average Bonchev–Trinajstić information content (AvgIpc) is 3.23. The molecule has 2 aromatic carbocycles. The number of ketones is 1. The summed E-state index contributed by atoms with van der Waals surface area (Å²) in [4.78, 5) is 13.1. The number of aromatic nitrogens is 2. The van der Waals surface area contributed by atoms with Gasteiger partial charge in [0.1, 0.15) is 0 Å². The van der Waals surface area contributed by atoms with Crippen LogP contribution in [-0.2, 0) is 0 Å². The van der Waals surface area contributed by atoms with Crippen molar-refractivity contribution < 1.29 is 14.7 Å². The molecule has 0 saturated heterocycles. The molecular formula is C18H12N2O3S. The van der Waals surface area contributed by atoms with Gasteiger partial charge in [-0.05, 0) is 40.4 Å². The fourth-order valence-corrected chi connectivity index (χ4v) is 3.38. The minimum atomic E-state index is -0.140. The van der Waals surface area contributed by atoms with Gasteiger partial charge in [0.15, 0.2) is 5.52 Å². The van der Waals surface area contributed by atoms with E-state index >= 15 is 0 Å². The van der Waals surface area contributed by atoms with Crippen molar-refractivity contribution in [2.75, 3.05) is 0 Å². The van der Waals surface area contributed by atoms with Crippen LogP contribution < -0.4 is 4.73 Å². The van der Waals surface area contributed by atoms with Crippen LogP contribution in [-0.4, -0.2) is 15.7 Å². The lowest BCUT2D eigenvalue weighted by Gasteiger charge is -2.03. The summed E-state index contributed by atoms with van der Waals surface area (Å²) in [6.07, 6.45) is 0. The lowest BCUT2D eigenvalue weighted by molar-refractivity contribution is -0.567. The van der Waals surface area contributed by atoms with E-state index in [9.17, 15) is 15.2 Å². The minimum Gasteiger partial charge on any atom is -0.710 e. The zero-order valence-corrected chi connectivity index (χ0v) is 13.2. The summed E-state index contributed by atoms with van der Waals surface area (Å²) in [5, 5.41) is 24.8. The number of nitrogens with zero attached hydrogens (tertiary/aromatic N) is 2. The Hall–Kier alpha value is -3.12. The third-order valence-electron chi connectivity index (χ3n) is 3.85. The molecule has 0 unspecified atom stereocenters. The lowest BCUT2D eigenvalue weighted by atomic mass is 10.1. The third kappa shape index (κ3) is 2.16. The summed E-state index contributed by atoms with van der Waals surface area (Å²) in [7, 11) is 0. The van der Waals surface area contributed by atoms with Crippen LogP contribution in [0.2, 0.25) is 0 Å². The molecule has 0 aliphatic rings. The first-order chi connectivity index (χ1) is 11.7. The summed E-state index contributed by atoms with van der Waals surface area (Å²) < 4.78 is 1.51. The topological polar surface area (TPSA) is 69.2 Å². The molecule has 0 spiro atoms. The fraction of sp³-hybridized carbons (Fsp3) is 0. The molecule has 4 aromatic rings. The molecule has 0 radical (unpaired) electrons. The van der Waals surface area contributed by atoms with Gasteiger partial charge in [-0.15, -0.1) is 11.3 Å². The number of benzene rings is 2. The molecule has 0 aliphatic heterocycles.